The van der Waals surface area contributed by atoms with Crippen LogP contribution in [0.25, 0.3) is 5.95 Å². The van der Waals surface area contributed by atoms with Gasteiger partial charge in [0.15, 0.2) is 11.5 Å². The van der Waals surface area contributed by atoms with E-state index in [1.807, 2.05) is 24.0 Å². The monoisotopic (exact) mass is 556 g/mol. The second-order valence-electron chi connectivity index (χ2n) is 9.01. The van der Waals surface area contributed by atoms with Crippen LogP contribution in [0.1, 0.15) is 25.3 Å². The van der Waals surface area contributed by atoms with Gasteiger partial charge in [0.05, 0.1) is 20.3 Å². The standard InChI is InChI=1S/C26H33ClN8O4/c1-4-7-29-26(37)33-10-11-35(23-14-22(27)31-25(32-23)34-9-8-28-17-34)19(16-33)13-24(36)30-15-18-5-6-20(38-2)21(12-18)39-3/h5-6,8-9,12,14,17,19H,4,7,10-11,13,15-16H2,1-3H3,(H,29,37)(H,30,36). The molecule has 208 valence electrons. The van der Waals surface area contributed by atoms with Gasteiger partial charge in [0.1, 0.15) is 17.3 Å². The lowest BCUT2D eigenvalue weighted by Gasteiger charge is -2.42. The first-order valence-electron chi connectivity index (χ1n) is 12.7. The van der Waals surface area contributed by atoms with Crippen LogP contribution in [0.4, 0.5) is 10.6 Å². The number of carbonyl (C=O) groups excluding carboxylic acids is 2. The minimum atomic E-state index is -0.335. The molecule has 1 aliphatic rings. The number of amides is 3. The molecule has 4 rings (SSSR count). The van der Waals surface area contributed by atoms with Crippen LogP contribution in [0, 0.1) is 0 Å². The number of anilines is 1. The molecule has 2 aromatic heterocycles. The third kappa shape index (κ3) is 7.08. The minimum Gasteiger partial charge on any atom is -0.493 e. The van der Waals surface area contributed by atoms with Gasteiger partial charge >= 0.3 is 6.03 Å². The molecule has 1 atom stereocenters. The summed E-state index contributed by atoms with van der Waals surface area (Å²) in [6.45, 7) is 4.20. The summed E-state index contributed by atoms with van der Waals surface area (Å²) in [7, 11) is 3.14. The third-order valence-corrected chi connectivity index (χ3v) is 6.55. The molecule has 3 heterocycles. The second kappa shape index (κ2) is 13.1. The number of methoxy groups -OCH3 is 2. The van der Waals surface area contributed by atoms with Gasteiger partial charge in [-0.2, -0.15) is 4.98 Å². The summed E-state index contributed by atoms with van der Waals surface area (Å²) >= 11 is 6.36. The molecular formula is C26H33ClN8O4. The Bertz CT molecular complexity index is 1270. The van der Waals surface area contributed by atoms with Crippen molar-refractivity contribution >= 4 is 29.4 Å². The van der Waals surface area contributed by atoms with Gasteiger partial charge in [0.25, 0.3) is 0 Å². The Kier molecular flexibility index (Phi) is 9.42. The maximum Gasteiger partial charge on any atom is 0.317 e. The maximum absolute atomic E-state index is 13.1. The molecule has 0 spiro atoms. The highest BCUT2D eigenvalue weighted by Gasteiger charge is 2.32. The van der Waals surface area contributed by atoms with Crippen molar-refractivity contribution in [2.45, 2.75) is 32.4 Å². The van der Waals surface area contributed by atoms with Crippen LogP contribution in [0.2, 0.25) is 5.15 Å². The van der Waals surface area contributed by atoms with Crippen molar-refractivity contribution in [3.63, 3.8) is 0 Å². The summed E-state index contributed by atoms with van der Waals surface area (Å²) in [5.41, 5.74) is 0.870. The van der Waals surface area contributed by atoms with E-state index in [0.29, 0.717) is 56.0 Å². The number of urea groups is 1. The van der Waals surface area contributed by atoms with Gasteiger partial charge < -0.3 is 29.9 Å². The van der Waals surface area contributed by atoms with Crippen LogP contribution in [-0.2, 0) is 11.3 Å². The van der Waals surface area contributed by atoms with Crippen LogP contribution < -0.4 is 25.0 Å². The normalized spacial score (nSPS) is 15.1. The highest BCUT2D eigenvalue weighted by atomic mass is 35.5. The lowest BCUT2D eigenvalue weighted by molar-refractivity contribution is -0.121. The number of ether oxygens (including phenoxy) is 2. The van der Waals surface area contributed by atoms with Gasteiger partial charge in [-0.05, 0) is 24.1 Å². The lowest BCUT2D eigenvalue weighted by atomic mass is 10.1. The molecule has 0 radical (unpaired) electrons. The molecule has 3 aromatic rings. The fourth-order valence-corrected chi connectivity index (χ4v) is 4.54. The number of piperazine rings is 1. The van der Waals surface area contributed by atoms with Gasteiger partial charge in [0.2, 0.25) is 11.9 Å². The van der Waals surface area contributed by atoms with Crippen molar-refractivity contribution in [3.05, 3.63) is 53.7 Å². The van der Waals surface area contributed by atoms with Crippen LogP contribution in [0.15, 0.2) is 43.0 Å². The Morgan fingerprint density at radius 1 is 1.10 bits per heavy atom. The van der Waals surface area contributed by atoms with E-state index in [4.69, 9.17) is 21.1 Å². The fraction of sp³-hybridized carbons (Fsp3) is 0.423. The minimum absolute atomic E-state index is 0.146. The van der Waals surface area contributed by atoms with Crippen LogP contribution in [0.3, 0.4) is 0 Å². The molecule has 1 unspecified atom stereocenters. The van der Waals surface area contributed by atoms with E-state index in [9.17, 15) is 9.59 Å². The van der Waals surface area contributed by atoms with Gasteiger partial charge in [0, 0.05) is 57.6 Å². The van der Waals surface area contributed by atoms with Crippen molar-refractivity contribution in [1.29, 1.82) is 0 Å². The number of carbonyl (C=O) groups is 2. The van der Waals surface area contributed by atoms with E-state index in [0.717, 1.165) is 12.0 Å². The Hall–Kier alpha value is -4.06. The van der Waals surface area contributed by atoms with E-state index in [2.05, 4.69) is 25.6 Å². The summed E-state index contributed by atoms with van der Waals surface area (Å²) in [5, 5.41) is 6.17. The largest absolute Gasteiger partial charge is 0.493 e. The Morgan fingerprint density at radius 3 is 2.64 bits per heavy atom. The van der Waals surface area contributed by atoms with E-state index in [1.54, 1.807) is 54.5 Å². The highest BCUT2D eigenvalue weighted by molar-refractivity contribution is 6.29. The van der Waals surface area contributed by atoms with Crippen LogP contribution >= 0.6 is 11.6 Å². The lowest BCUT2D eigenvalue weighted by Crippen LogP contribution is -2.58. The average Bonchev–Trinajstić information content (AvgIpc) is 3.49. The summed E-state index contributed by atoms with van der Waals surface area (Å²) < 4.78 is 12.3. The molecule has 1 saturated heterocycles. The number of hydrogen-bond donors (Lipinski definition) is 2. The predicted molar refractivity (Wildman–Crippen MR) is 147 cm³/mol. The van der Waals surface area contributed by atoms with Gasteiger partial charge in [-0.25, -0.2) is 14.8 Å². The topological polar surface area (TPSA) is 127 Å². The molecule has 3 amide bonds. The molecule has 0 aliphatic carbocycles. The quantitative estimate of drug-likeness (QED) is 0.365. The Labute approximate surface area is 232 Å². The number of halogens is 1. The van der Waals surface area contributed by atoms with Crippen molar-refractivity contribution in [1.82, 2.24) is 35.1 Å². The van der Waals surface area contributed by atoms with Crippen molar-refractivity contribution in [2.75, 3.05) is 45.3 Å². The zero-order valence-corrected chi connectivity index (χ0v) is 23.0. The maximum atomic E-state index is 13.1. The number of nitrogens with zero attached hydrogens (tertiary/aromatic N) is 6. The van der Waals surface area contributed by atoms with Crippen LogP contribution in [0.5, 0.6) is 11.5 Å². The predicted octanol–water partition coefficient (Wildman–Crippen LogP) is 2.65. The number of aromatic nitrogens is 4. The molecular weight excluding hydrogens is 524 g/mol. The number of imidazole rings is 1. The summed E-state index contributed by atoms with van der Waals surface area (Å²) in [6.07, 6.45) is 5.93. The van der Waals surface area contributed by atoms with Crippen molar-refractivity contribution in [3.8, 4) is 17.4 Å². The van der Waals surface area contributed by atoms with Gasteiger partial charge in [-0.1, -0.05) is 24.6 Å². The number of benzene rings is 1. The second-order valence-corrected chi connectivity index (χ2v) is 9.40. The van der Waals surface area contributed by atoms with Crippen LogP contribution in [-0.4, -0.2) is 82.8 Å². The first-order valence-corrected chi connectivity index (χ1v) is 13.1. The molecule has 12 nitrogen and oxygen atoms in total. The fourth-order valence-electron chi connectivity index (χ4n) is 4.37. The molecule has 0 bridgehead atoms. The molecule has 13 heteroatoms. The summed E-state index contributed by atoms with van der Waals surface area (Å²) in [4.78, 5) is 42.6. The van der Waals surface area contributed by atoms with Crippen molar-refractivity contribution in [2.24, 2.45) is 0 Å². The first kappa shape index (κ1) is 28.0. The Balaban J connectivity index is 1.51. The van der Waals surface area contributed by atoms with Crippen molar-refractivity contribution < 1.29 is 19.1 Å². The van der Waals surface area contributed by atoms with Gasteiger partial charge in [-0.3, -0.25) is 9.36 Å². The molecule has 1 aromatic carbocycles. The average molecular weight is 557 g/mol. The zero-order chi connectivity index (χ0) is 27.8. The van der Waals surface area contributed by atoms with E-state index < -0.39 is 0 Å². The zero-order valence-electron chi connectivity index (χ0n) is 22.3. The van der Waals surface area contributed by atoms with E-state index in [1.165, 1.54) is 0 Å². The summed E-state index contributed by atoms with van der Waals surface area (Å²) in [5.74, 6) is 1.99. The SMILES string of the molecule is CCCNC(=O)N1CCN(c2cc(Cl)nc(-n3ccnc3)n2)C(CC(=O)NCc2ccc(OC)c(OC)c2)C1. The molecule has 0 saturated carbocycles. The number of hydrogen-bond acceptors (Lipinski definition) is 8. The van der Waals surface area contributed by atoms with E-state index in [-0.39, 0.29) is 29.6 Å². The molecule has 2 N–H and O–H groups in total. The molecule has 1 fully saturated rings. The first-order chi connectivity index (χ1) is 18.9. The summed E-state index contributed by atoms with van der Waals surface area (Å²) in [6, 6.07) is 6.68. The molecule has 39 heavy (non-hydrogen) atoms. The Morgan fingerprint density at radius 2 is 1.92 bits per heavy atom. The van der Waals surface area contributed by atoms with Gasteiger partial charge in [-0.15, -0.1) is 0 Å². The number of nitrogens with one attached hydrogen (secondary N) is 2. The smallest absolute Gasteiger partial charge is 0.317 e. The highest BCUT2D eigenvalue weighted by Crippen LogP contribution is 2.28. The molecule has 1 aliphatic heterocycles. The number of rotatable bonds is 10. The van der Waals surface area contributed by atoms with E-state index >= 15 is 0 Å². The third-order valence-electron chi connectivity index (χ3n) is 6.35.